The van der Waals surface area contributed by atoms with Gasteiger partial charge in [-0.1, -0.05) is 0 Å². The van der Waals surface area contributed by atoms with Gasteiger partial charge in [-0.05, 0) is 20.8 Å². The Morgan fingerprint density at radius 2 is 1.33 bits per heavy atom. The lowest BCUT2D eigenvalue weighted by Gasteiger charge is -2.20. The van der Waals surface area contributed by atoms with E-state index >= 15 is 0 Å². The first-order chi connectivity index (χ1) is 10.4. The second kappa shape index (κ2) is 5.55. The standard InChI is InChI=1S/C11H9F9N2O2/c1-8(2,3)24-7(23)22-6(11(18,19)20)4(9(12,13)14)5(21-22)10(15,16)17/h1-3H3. The zero-order valence-corrected chi connectivity index (χ0v) is 12.1. The number of aromatic nitrogens is 2. The van der Waals surface area contributed by atoms with Gasteiger partial charge in [-0.25, -0.2) is 4.79 Å². The molecular formula is C11H9F9N2O2. The zero-order chi connectivity index (χ0) is 19.3. The molecule has 1 aromatic rings. The Balaban J connectivity index is 3.79. The van der Waals surface area contributed by atoms with Crippen LogP contribution in [0.2, 0.25) is 0 Å². The van der Waals surface area contributed by atoms with E-state index in [1.165, 1.54) is 0 Å². The van der Waals surface area contributed by atoms with Crippen LogP contribution in [0.1, 0.15) is 37.7 Å². The Hall–Kier alpha value is -1.95. The molecule has 0 saturated heterocycles. The molecule has 0 aliphatic heterocycles. The largest absolute Gasteiger partial charge is 0.442 e. The summed E-state index contributed by atoms with van der Waals surface area (Å²) in [5.74, 6) is 0. The molecule has 138 valence electrons. The molecule has 0 unspecified atom stereocenters. The normalized spacial score (nSPS) is 14.0. The minimum atomic E-state index is -6.06. The minimum Gasteiger partial charge on any atom is -0.442 e. The van der Waals surface area contributed by atoms with E-state index in [9.17, 15) is 44.3 Å². The van der Waals surface area contributed by atoms with Crippen LogP contribution >= 0.6 is 0 Å². The maximum atomic E-state index is 12.9. The number of carbonyl (C=O) groups excluding carboxylic acids is 1. The molecular weight excluding hydrogens is 363 g/mol. The number of rotatable bonds is 0. The van der Waals surface area contributed by atoms with E-state index in [0.717, 1.165) is 20.8 Å². The monoisotopic (exact) mass is 372 g/mol. The van der Waals surface area contributed by atoms with Gasteiger partial charge in [0, 0.05) is 0 Å². The molecule has 0 aromatic carbocycles. The van der Waals surface area contributed by atoms with Gasteiger partial charge in [0.15, 0.2) is 11.4 Å². The molecule has 0 aliphatic rings. The van der Waals surface area contributed by atoms with Crippen molar-refractivity contribution in [2.24, 2.45) is 0 Å². The third-order valence-electron chi connectivity index (χ3n) is 2.27. The van der Waals surface area contributed by atoms with Crippen LogP contribution in [0, 0.1) is 0 Å². The van der Waals surface area contributed by atoms with Gasteiger partial charge in [0.05, 0.1) is 0 Å². The van der Waals surface area contributed by atoms with Crippen molar-refractivity contribution in [3.8, 4) is 0 Å². The van der Waals surface area contributed by atoms with Crippen LogP contribution in [0.3, 0.4) is 0 Å². The molecule has 1 aromatic heterocycles. The summed E-state index contributed by atoms with van der Waals surface area (Å²) < 4.78 is 118. The third-order valence-corrected chi connectivity index (χ3v) is 2.27. The van der Waals surface area contributed by atoms with E-state index in [1.54, 1.807) is 0 Å². The van der Waals surface area contributed by atoms with Crippen molar-refractivity contribution < 1.29 is 49.0 Å². The predicted octanol–water partition coefficient (Wildman–Crippen LogP) is 4.72. The zero-order valence-electron chi connectivity index (χ0n) is 12.1. The number of halogens is 9. The first kappa shape index (κ1) is 20.1. The molecule has 24 heavy (non-hydrogen) atoms. The second-order valence-electron chi connectivity index (χ2n) is 5.46. The molecule has 0 radical (unpaired) electrons. The van der Waals surface area contributed by atoms with Crippen LogP contribution < -0.4 is 0 Å². The summed E-state index contributed by atoms with van der Waals surface area (Å²) in [6, 6.07) is 0. The van der Waals surface area contributed by atoms with E-state index in [-0.39, 0.29) is 0 Å². The Morgan fingerprint density at radius 1 is 0.875 bits per heavy atom. The molecule has 0 N–H and O–H groups in total. The van der Waals surface area contributed by atoms with Crippen LogP contribution in [0.15, 0.2) is 0 Å². The fourth-order valence-corrected chi connectivity index (χ4v) is 1.58. The topological polar surface area (TPSA) is 44.1 Å². The Bertz CT molecular complexity index is 632. The highest BCUT2D eigenvalue weighted by Gasteiger charge is 2.56. The molecule has 0 amide bonds. The van der Waals surface area contributed by atoms with Gasteiger partial charge in [0.25, 0.3) is 0 Å². The van der Waals surface area contributed by atoms with Crippen LogP contribution in [-0.2, 0) is 23.3 Å². The first-order valence-electron chi connectivity index (χ1n) is 5.93. The fourth-order valence-electron chi connectivity index (χ4n) is 1.58. The Labute approximate surface area is 128 Å². The van der Waals surface area contributed by atoms with Gasteiger partial charge < -0.3 is 4.74 Å². The first-order valence-corrected chi connectivity index (χ1v) is 5.93. The Morgan fingerprint density at radius 3 is 1.62 bits per heavy atom. The lowest BCUT2D eigenvalue weighted by Crippen LogP contribution is -2.31. The van der Waals surface area contributed by atoms with Crippen LogP contribution in [-0.4, -0.2) is 21.5 Å². The van der Waals surface area contributed by atoms with Crippen molar-refractivity contribution in [3.05, 3.63) is 17.0 Å². The molecule has 0 aliphatic carbocycles. The van der Waals surface area contributed by atoms with Gasteiger partial charge in [0.2, 0.25) is 0 Å². The van der Waals surface area contributed by atoms with Crippen LogP contribution in [0.4, 0.5) is 44.3 Å². The maximum absolute atomic E-state index is 12.9. The molecule has 0 fully saturated rings. The molecule has 0 bridgehead atoms. The van der Waals surface area contributed by atoms with Crippen molar-refractivity contribution in [3.63, 3.8) is 0 Å². The predicted molar refractivity (Wildman–Crippen MR) is 58.9 cm³/mol. The van der Waals surface area contributed by atoms with E-state index in [0.29, 0.717) is 0 Å². The van der Waals surface area contributed by atoms with Crippen LogP contribution in [0.5, 0.6) is 0 Å². The van der Waals surface area contributed by atoms with Gasteiger partial charge in [0.1, 0.15) is 11.2 Å². The molecule has 1 heterocycles. The van der Waals surface area contributed by atoms with Gasteiger partial charge in [-0.2, -0.15) is 49.3 Å². The molecule has 0 spiro atoms. The van der Waals surface area contributed by atoms with E-state index in [1.807, 2.05) is 0 Å². The molecule has 13 heteroatoms. The number of ether oxygens (including phenoxy) is 1. The maximum Gasteiger partial charge on any atom is 0.435 e. The third kappa shape index (κ3) is 4.32. The quantitative estimate of drug-likeness (QED) is 0.619. The van der Waals surface area contributed by atoms with Crippen molar-refractivity contribution in [1.29, 1.82) is 0 Å². The summed E-state index contributed by atoms with van der Waals surface area (Å²) in [5, 5.41) is 2.18. The highest BCUT2D eigenvalue weighted by Crippen LogP contribution is 2.46. The second-order valence-corrected chi connectivity index (χ2v) is 5.46. The Kier molecular flexibility index (Phi) is 4.65. The summed E-state index contributed by atoms with van der Waals surface area (Å²) in [7, 11) is 0. The summed E-state index contributed by atoms with van der Waals surface area (Å²) in [6.07, 6.45) is -20.0. The number of carbonyl (C=O) groups is 1. The molecule has 4 nitrogen and oxygen atoms in total. The van der Waals surface area contributed by atoms with Gasteiger partial charge in [-0.15, -0.1) is 0 Å². The van der Waals surface area contributed by atoms with E-state index < -0.39 is 51.9 Å². The number of hydrogen-bond acceptors (Lipinski definition) is 3. The van der Waals surface area contributed by atoms with Crippen LogP contribution in [0.25, 0.3) is 0 Å². The lowest BCUT2D eigenvalue weighted by molar-refractivity contribution is -0.175. The number of hydrogen-bond donors (Lipinski definition) is 0. The van der Waals surface area contributed by atoms with E-state index in [2.05, 4.69) is 9.84 Å². The minimum absolute atomic E-state index is 1.07. The number of nitrogens with zero attached hydrogens (tertiary/aromatic N) is 2. The van der Waals surface area contributed by atoms with Gasteiger partial charge >= 0.3 is 24.6 Å². The summed E-state index contributed by atoms with van der Waals surface area (Å²) >= 11 is 0. The molecule has 0 atom stereocenters. The van der Waals surface area contributed by atoms with E-state index in [4.69, 9.17) is 0 Å². The SMILES string of the molecule is CC(C)(C)OC(=O)n1nc(C(F)(F)F)c(C(F)(F)F)c1C(F)(F)F. The highest BCUT2D eigenvalue weighted by molar-refractivity contribution is 5.72. The van der Waals surface area contributed by atoms with Crippen molar-refractivity contribution in [2.45, 2.75) is 44.9 Å². The van der Waals surface area contributed by atoms with Gasteiger partial charge in [-0.3, -0.25) is 0 Å². The smallest absolute Gasteiger partial charge is 0.435 e. The van der Waals surface area contributed by atoms with Crippen molar-refractivity contribution in [2.75, 3.05) is 0 Å². The van der Waals surface area contributed by atoms with Crippen molar-refractivity contribution >= 4 is 6.09 Å². The summed E-state index contributed by atoms with van der Waals surface area (Å²) in [5.41, 5.74) is -10.4. The van der Waals surface area contributed by atoms with Crippen molar-refractivity contribution in [1.82, 2.24) is 9.78 Å². The number of alkyl halides is 9. The molecule has 0 saturated carbocycles. The summed E-state index contributed by atoms with van der Waals surface area (Å²) in [4.78, 5) is 11.6. The lowest BCUT2D eigenvalue weighted by atomic mass is 10.1. The fraction of sp³-hybridized carbons (Fsp3) is 0.636. The average molecular weight is 372 g/mol. The highest BCUT2D eigenvalue weighted by atomic mass is 19.4. The average Bonchev–Trinajstić information content (AvgIpc) is 2.64. The summed E-state index contributed by atoms with van der Waals surface area (Å²) in [6.45, 7) is 3.45. The molecule has 1 rings (SSSR count).